The van der Waals surface area contributed by atoms with Crippen molar-refractivity contribution in [3.8, 4) is 0 Å². The lowest BCUT2D eigenvalue weighted by Gasteiger charge is -2.43. The number of carboxylic acids is 1. The lowest BCUT2D eigenvalue weighted by Crippen LogP contribution is -2.63. The van der Waals surface area contributed by atoms with Crippen molar-refractivity contribution in [1.82, 2.24) is 9.80 Å². The van der Waals surface area contributed by atoms with Crippen molar-refractivity contribution in [2.75, 3.05) is 29.4 Å². The van der Waals surface area contributed by atoms with E-state index in [2.05, 4.69) is 0 Å². The number of hydrogen-bond donors (Lipinski definition) is 1. The van der Waals surface area contributed by atoms with Gasteiger partial charge in [0.15, 0.2) is 5.78 Å². The van der Waals surface area contributed by atoms with Crippen LogP contribution in [-0.4, -0.2) is 70.4 Å². The summed E-state index contributed by atoms with van der Waals surface area (Å²) >= 11 is 0. The molecule has 1 saturated carbocycles. The molecule has 0 aromatic heterocycles. The monoisotopic (exact) mass is 552 g/mol. The minimum Gasteiger partial charge on any atom is -0.480 e. The Hall–Kier alpha value is -4.66. The van der Waals surface area contributed by atoms with Gasteiger partial charge in [-0.2, -0.15) is 0 Å². The molecule has 1 aliphatic carbocycles. The van der Waals surface area contributed by atoms with E-state index in [0.717, 1.165) is 31.4 Å². The SMILES string of the molecule is O=C1Cc2ccccc2N(C(=O)N2CCN(C(=O)N(c3ccccc3)C3CCCC3)C[C@H]2C(=O)O)c2ccccc21. The van der Waals surface area contributed by atoms with E-state index in [4.69, 9.17) is 0 Å². The number of nitrogens with zero attached hydrogens (tertiary/aromatic N) is 4. The number of amides is 4. The van der Waals surface area contributed by atoms with Crippen LogP contribution in [0.2, 0.25) is 0 Å². The van der Waals surface area contributed by atoms with Crippen LogP contribution in [0.1, 0.15) is 41.6 Å². The number of carbonyl (C=O) groups excluding carboxylic acids is 3. The van der Waals surface area contributed by atoms with Crippen LogP contribution in [0.15, 0.2) is 78.9 Å². The first-order chi connectivity index (χ1) is 19.9. The Morgan fingerprint density at radius 1 is 0.805 bits per heavy atom. The summed E-state index contributed by atoms with van der Waals surface area (Å²) < 4.78 is 0. The second-order valence-electron chi connectivity index (χ2n) is 10.8. The maximum atomic E-state index is 14.3. The van der Waals surface area contributed by atoms with Gasteiger partial charge >= 0.3 is 18.0 Å². The maximum Gasteiger partial charge on any atom is 0.330 e. The topological polar surface area (TPSA) is 101 Å². The zero-order valence-electron chi connectivity index (χ0n) is 22.7. The fraction of sp³-hybridized carbons (Fsp3) is 0.312. The Kier molecular flexibility index (Phi) is 7.17. The van der Waals surface area contributed by atoms with Crippen molar-refractivity contribution in [3.63, 3.8) is 0 Å². The highest BCUT2D eigenvalue weighted by molar-refractivity contribution is 6.12. The zero-order valence-corrected chi connectivity index (χ0v) is 22.7. The molecule has 1 atom stereocenters. The number of urea groups is 2. The minimum absolute atomic E-state index is 0.0453. The number of ketones is 1. The van der Waals surface area contributed by atoms with Crippen LogP contribution in [0.25, 0.3) is 0 Å². The Bertz CT molecular complexity index is 1490. The molecule has 0 unspecified atom stereocenters. The predicted octanol–water partition coefficient (Wildman–Crippen LogP) is 5.32. The smallest absolute Gasteiger partial charge is 0.330 e. The molecule has 9 heteroatoms. The van der Waals surface area contributed by atoms with Crippen LogP contribution in [0.3, 0.4) is 0 Å². The lowest BCUT2D eigenvalue weighted by atomic mass is 10.0. The van der Waals surface area contributed by atoms with Crippen molar-refractivity contribution >= 4 is 40.9 Å². The van der Waals surface area contributed by atoms with E-state index in [1.165, 1.54) is 9.80 Å². The average Bonchev–Trinajstić information content (AvgIpc) is 3.49. The van der Waals surface area contributed by atoms with Crippen molar-refractivity contribution in [1.29, 1.82) is 0 Å². The van der Waals surface area contributed by atoms with E-state index < -0.39 is 18.0 Å². The number of carbonyl (C=O) groups is 4. The van der Waals surface area contributed by atoms with Crippen LogP contribution in [0.4, 0.5) is 26.7 Å². The Balaban J connectivity index is 1.31. The Morgan fingerprint density at radius 2 is 1.46 bits per heavy atom. The van der Waals surface area contributed by atoms with Gasteiger partial charge in [-0.3, -0.25) is 14.6 Å². The van der Waals surface area contributed by atoms with Crippen LogP contribution in [-0.2, 0) is 11.2 Å². The molecule has 3 aliphatic rings. The van der Waals surface area contributed by atoms with Gasteiger partial charge in [0, 0.05) is 36.8 Å². The summed E-state index contributed by atoms with van der Waals surface area (Å²) in [4.78, 5) is 60.0. The number of rotatable bonds is 3. The van der Waals surface area contributed by atoms with Crippen molar-refractivity contribution < 1.29 is 24.3 Å². The molecule has 9 nitrogen and oxygen atoms in total. The normalized spacial score (nSPS) is 18.9. The van der Waals surface area contributed by atoms with Gasteiger partial charge in [0.1, 0.15) is 6.04 Å². The largest absolute Gasteiger partial charge is 0.480 e. The highest BCUT2D eigenvalue weighted by atomic mass is 16.4. The molecule has 0 spiro atoms. The van der Waals surface area contributed by atoms with Gasteiger partial charge in [-0.05, 0) is 48.7 Å². The van der Waals surface area contributed by atoms with Crippen molar-refractivity contribution in [2.24, 2.45) is 0 Å². The molecular formula is C32H32N4O5. The van der Waals surface area contributed by atoms with Crippen LogP contribution in [0.5, 0.6) is 0 Å². The third-order valence-electron chi connectivity index (χ3n) is 8.33. The van der Waals surface area contributed by atoms with Crippen LogP contribution >= 0.6 is 0 Å². The molecule has 0 bridgehead atoms. The number of benzene rings is 3. The van der Waals surface area contributed by atoms with Crippen molar-refractivity contribution in [2.45, 2.75) is 44.2 Å². The first-order valence-corrected chi connectivity index (χ1v) is 14.1. The standard InChI is InChI=1S/C32H32N4O5/c37-29-20-22-10-4-8-16-26(22)36(27-17-9-7-15-25(27)29)32(41)34-19-18-33(21-28(34)30(38)39)31(40)35(24-13-5-6-14-24)23-11-2-1-3-12-23/h1-4,7-12,15-17,24,28H,5-6,13-14,18-21H2,(H,38,39)/t28-/m0/s1. The third kappa shape index (κ3) is 4.92. The van der Waals surface area contributed by atoms with Gasteiger partial charge in [0.05, 0.1) is 17.9 Å². The number of anilines is 3. The molecule has 1 N–H and O–H groups in total. The minimum atomic E-state index is -1.25. The Labute approximate surface area is 238 Å². The molecule has 0 radical (unpaired) electrons. The van der Waals surface area contributed by atoms with Gasteiger partial charge < -0.3 is 14.9 Å². The summed E-state index contributed by atoms with van der Waals surface area (Å²) in [5, 5.41) is 10.3. The quantitative estimate of drug-likeness (QED) is 0.474. The van der Waals surface area contributed by atoms with Crippen molar-refractivity contribution in [3.05, 3.63) is 90.0 Å². The fourth-order valence-electron chi connectivity index (χ4n) is 6.29. The van der Waals surface area contributed by atoms with Crippen LogP contribution in [0, 0.1) is 0 Å². The highest BCUT2D eigenvalue weighted by Crippen LogP contribution is 2.37. The van der Waals surface area contributed by atoms with E-state index in [0.29, 0.717) is 22.5 Å². The van der Waals surface area contributed by atoms with E-state index in [-0.39, 0.29) is 43.9 Å². The molecule has 6 rings (SSSR count). The second kappa shape index (κ2) is 11.1. The predicted molar refractivity (Wildman–Crippen MR) is 155 cm³/mol. The molecular weight excluding hydrogens is 520 g/mol. The number of aliphatic carboxylic acids is 1. The molecule has 1 saturated heterocycles. The lowest BCUT2D eigenvalue weighted by molar-refractivity contribution is -0.143. The fourth-order valence-corrected chi connectivity index (χ4v) is 6.29. The number of para-hydroxylation sites is 3. The van der Waals surface area contributed by atoms with E-state index in [1.807, 2.05) is 42.5 Å². The zero-order chi connectivity index (χ0) is 28.5. The first kappa shape index (κ1) is 26.6. The van der Waals surface area contributed by atoms with Gasteiger partial charge in [-0.15, -0.1) is 0 Å². The van der Waals surface area contributed by atoms with E-state index >= 15 is 0 Å². The summed E-state index contributed by atoms with van der Waals surface area (Å²) in [6, 6.07) is 21.6. The Morgan fingerprint density at radius 3 is 2.20 bits per heavy atom. The van der Waals surface area contributed by atoms with E-state index in [9.17, 15) is 24.3 Å². The molecule has 2 heterocycles. The molecule has 4 amide bonds. The number of carboxylic acid groups (broad SMARTS) is 1. The maximum absolute atomic E-state index is 14.3. The van der Waals surface area contributed by atoms with Gasteiger partial charge in [0.25, 0.3) is 0 Å². The van der Waals surface area contributed by atoms with Gasteiger partial charge in [-0.1, -0.05) is 61.4 Å². The number of hydrogen-bond acceptors (Lipinski definition) is 4. The van der Waals surface area contributed by atoms with E-state index in [1.54, 1.807) is 46.2 Å². The summed E-state index contributed by atoms with van der Waals surface area (Å²) in [6.45, 7) is 0.107. The van der Waals surface area contributed by atoms with Crippen LogP contribution < -0.4 is 9.80 Å². The number of piperazine rings is 1. The summed E-state index contributed by atoms with van der Waals surface area (Å²) in [6.07, 6.45) is 4.02. The summed E-state index contributed by atoms with van der Waals surface area (Å²) in [5.74, 6) is -1.29. The molecule has 2 fully saturated rings. The molecule has 3 aromatic rings. The highest BCUT2D eigenvalue weighted by Gasteiger charge is 2.43. The van der Waals surface area contributed by atoms with Gasteiger partial charge in [0.2, 0.25) is 0 Å². The molecule has 3 aromatic carbocycles. The molecule has 210 valence electrons. The average molecular weight is 553 g/mol. The molecule has 41 heavy (non-hydrogen) atoms. The molecule has 2 aliphatic heterocycles. The summed E-state index contributed by atoms with van der Waals surface area (Å²) in [5.41, 5.74) is 2.87. The number of Topliss-reactive ketones (excluding diaryl/α,β-unsaturated/α-hetero) is 1. The number of fused-ring (bicyclic) bond motifs is 2. The first-order valence-electron chi connectivity index (χ1n) is 14.1. The summed E-state index contributed by atoms with van der Waals surface area (Å²) in [7, 11) is 0. The van der Waals surface area contributed by atoms with Gasteiger partial charge in [-0.25, -0.2) is 14.4 Å². The second-order valence-corrected chi connectivity index (χ2v) is 10.8. The third-order valence-corrected chi connectivity index (χ3v) is 8.33.